The van der Waals surface area contributed by atoms with Crippen LogP contribution in [0.1, 0.15) is 30.4 Å². The quantitative estimate of drug-likeness (QED) is 0.697. The zero-order chi connectivity index (χ0) is 17.4. The molecule has 1 aromatic heterocycles. The highest BCUT2D eigenvalue weighted by molar-refractivity contribution is 5.96. The van der Waals surface area contributed by atoms with Gasteiger partial charge >= 0.3 is 0 Å². The van der Waals surface area contributed by atoms with Crippen LogP contribution >= 0.6 is 0 Å². The van der Waals surface area contributed by atoms with Crippen molar-refractivity contribution in [2.45, 2.75) is 32.4 Å². The Morgan fingerprint density at radius 3 is 2.76 bits per heavy atom. The minimum atomic E-state index is 0.0710. The molecule has 3 nitrogen and oxygen atoms in total. The number of fused-ring (bicyclic) bond motifs is 1. The SMILES string of the molecule is C=C(N)c1cccc(-c2cn(CCC3CC3)c3cc(CO)ccc23)c1. The molecule has 3 heteroatoms. The fourth-order valence-electron chi connectivity index (χ4n) is 3.47. The smallest absolute Gasteiger partial charge is 0.0682 e. The molecule has 0 radical (unpaired) electrons. The first-order chi connectivity index (χ1) is 12.2. The van der Waals surface area contributed by atoms with Crippen LogP contribution in [0.25, 0.3) is 27.7 Å². The van der Waals surface area contributed by atoms with Crippen LogP contribution in [0.3, 0.4) is 0 Å². The van der Waals surface area contributed by atoms with E-state index in [1.165, 1.54) is 35.7 Å². The van der Waals surface area contributed by atoms with E-state index < -0.39 is 0 Å². The number of rotatable bonds is 6. The number of nitrogens with two attached hydrogens (primary N) is 1. The van der Waals surface area contributed by atoms with Gasteiger partial charge in [-0.05, 0) is 41.2 Å². The molecule has 0 bridgehead atoms. The molecule has 1 heterocycles. The minimum Gasteiger partial charge on any atom is -0.399 e. The molecule has 3 N–H and O–H groups in total. The van der Waals surface area contributed by atoms with Crippen LogP contribution < -0.4 is 5.73 Å². The van der Waals surface area contributed by atoms with Gasteiger partial charge in [-0.2, -0.15) is 0 Å². The summed E-state index contributed by atoms with van der Waals surface area (Å²) >= 11 is 0. The Hall–Kier alpha value is -2.52. The number of benzene rings is 2. The standard InChI is InChI=1S/C22H24N2O/c1-15(23)18-3-2-4-19(12-18)21-13-24(10-9-16-5-6-16)22-11-17(14-25)7-8-20(21)22/h2-4,7-8,11-13,16,25H,1,5-6,9-10,14,23H2. The zero-order valence-electron chi connectivity index (χ0n) is 14.4. The van der Waals surface area contributed by atoms with Crippen LogP contribution in [0, 0.1) is 5.92 Å². The summed E-state index contributed by atoms with van der Waals surface area (Å²) < 4.78 is 2.34. The van der Waals surface area contributed by atoms with Crippen molar-refractivity contribution in [3.05, 3.63) is 66.4 Å². The molecule has 1 saturated carbocycles. The molecule has 3 aromatic rings. The molecule has 25 heavy (non-hydrogen) atoms. The third-order valence-corrected chi connectivity index (χ3v) is 5.15. The predicted octanol–water partition coefficient (Wildman–Crippen LogP) is 4.53. The fourth-order valence-corrected chi connectivity index (χ4v) is 3.47. The normalized spacial score (nSPS) is 14.1. The van der Waals surface area contributed by atoms with Gasteiger partial charge in [0.25, 0.3) is 0 Å². The Bertz CT molecular complexity index is 934. The lowest BCUT2D eigenvalue weighted by Gasteiger charge is -2.05. The summed E-state index contributed by atoms with van der Waals surface area (Å²) in [6.07, 6.45) is 6.21. The van der Waals surface area contributed by atoms with E-state index in [4.69, 9.17) is 5.73 Å². The van der Waals surface area contributed by atoms with Gasteiger partial charge in [-0.3, -0.25) is 0 Å². The molecule has 0 spiro atoms. The first kappa shape index (κ1) is 16.0. The molecule has 128 valence electrons. The Labute approximate surface area is 148 Å². The Balaban J connectivity index is 1.82. The van der Waals surface area contributed by atoms with E-state index in [-0.39, 0.29) is 6.61 Å². The van der Waals surface area contributed by atoms with Gasteiger partial charge in [0.1, 0.15) is 0 Å². The number of aryl methyl sites for hydroxylation is 1. The van der Waals surface area contributed by atoms with Crippen molar-refractivity contribution in [1.82, 2.24) is 4.57 Å². The van der Waals surface area contributed by atoms with Crippen molar-refractivity contribution in [3.63, 3.8) is 0 Å². The lowest BCUT2D eigenvalue weighted by atomic mass is 10.0. The van der Waals surface area contributed by atoms with Crippen molar-refractivity contribution < 1.29 is 5.11 Å². The van der Waals surface area contributed by atoms with E-state index in [0.29, 0.717) is 5.70 Å². The molecular weight excluding hydrogens is 308 g/mol. The molecule has 4 rings (SSSR count). The van der Waals surface area contributed by atoms with Crippen molar-refractivity contribution in [2.24, 2.45) is 11.7 Å². The van der Waals surface area contributed by atoms with Gasteiger partial charge in [0.2, 0.25) is 0 Å². The predicted molar refractivity (Wildman–Crippen MR) is 104 cm³/mol. The highest BCUT2D eigenvalue weighted by atomic mass is 16.3. The number of aromatic nitrogens is 1. The van der Waals surface area contributed by atoms with Crippen LogP contribution in [0.2, 0.25) is 0 Å². The van der Waals surface area contributed by atoms with Crippen LogP contribution in [0.4, 0.5) is 0 Å². The second-order valence-corrected chi connectivity index (χ2v) is 7.08. The second-order valence-electron chi connectivity index (χ2n) is 7.08. The molecule has 1 aliphatic rings. The van der Waals surface area contributed by atoms with Gasteiger partial charge in [-0.15, -0.1) is 0 Å². The molecule has 0 saturated heterocycles. The Morgan fingerprint density at radius 1 is 1.20 bits per heavy atom. The summed E-state index contributed by atoms with van der Waals surface area (Å²) in [5.74, 6) is 0.894. The number of hydrogen-bond donors (Lipinski definition) is 2. The second kappa shape index (κ2) is 6.41. The summed E-state index contributed by atoms with van der Waals surface area (Å²) in [5.41, 5.74) is 11.9. The van der Waals surface area contributed by atoms with E-state index in [0.717, 1.165) is 29.2 Å². The lowest BCUT2D eigenvalue weighted by Crippen LogP contribution is -1.97. The van der Waals surface area contributed by atoms with Crippen LogP contribution in [-0.4, -0.2) is 9.67 Å². The third-order valence-electron chi connectivity index (χ3n) is 5.15. The van der Waals surface area contributed by atoms with Crippen LogP contribution in [0.15, 0.2) is 55.2 Å². The van der Waals surface area contributed by atoms with Crippen molar-refractivity contribution in [1.29, 1.82) is 0 Å². The number of hydrogen-bond acceptors (Lipinski definition) is 2. The van der Waals surface area contributed by atoms with Gasteiger partial charge in [-0.25, -0.2) is 0 Å². The summed E-state index contributed by atoms with van der Waals surface area (Å²) in [7, 11) is 0. The maximum atomic E-state index is 9.50. The lowest BCUT2D eigenvalue weighted by molar-refractivity contribution is 0.282. The monoisotopic (exact) mass is 332 g/mol. The third kappa shape index (κ3) is 3.20. The van der Waals surface area contributed by atoms with E-state index in [9.17, 15) is 5.11 Å². The van der Waals surface area contributed by atoms with Gasteiger partial charge in [0.15, 0.2) is 0 Å². The van der Waals surface area contributed by atoms with E-state index in [1.807, 2.05) is 18.2 Å². The maximum absolute atomic E-state index is 9.50. The van der Waals surface area contributed by atoms with Crippen LogP contribution in [0.5, 0.6) is 0 Å². The number of aliphatic hydroxyl groups is 1. The van der Waals surface area contributed by atoms with E-state index in [1.54, 1.807) is 0 Å². The van der Waals surface area contributed by atoms with E-state index in [2.05, 4.69) is 41.6 Å². The minimum absolute atomic E-state index is 0.0710. The summed E-state index contributed by atoms with van der Waals surface area (Å²) in [6.45, 7) is 4.95. The van der Waals surface area contributed by atoms with Crippen molar-refractivity contribution in [2.75, 3.05) is 0 Å². The van der Waals surface area contributed by atoms with Gasteiger partial charge in [-0.1, -0.05) is 49.8 Å². The first-order valence-corrected chi connectivity index (χ1v) is 8.93. The Morgan fingerprint density at radius 2 is 2.04 bits per heavy atom. The average molecular weight is 332 g/mol. The topological polar surface area (TPSA) is 51.2 Å². The summed E-state index contributed by atoms with van der Waals surface area (Å²) in [4.78, 5) is 0. The zero-order valence-corrected chi connectivity index (χ0v) is 14.4. The molecule has 1 aliphatic carbocycles. The molecule has 0 aliphatic heterocycles. The number of nitrogens with zero attached hydrogens (tertiary/aromatic N) is 1. The fraction of sp³-hybridized carbons (Fsp3) is 0.273. The molecule has 2 aromatic carbocycles. The molecular formula is C22H24N2O. The first-order valence-electron chi connectivity index (χ1n) is 8.93. The molecule has 1 fully saturated rings. The van der Waals surface area contributed by atoms with Gasteiger partial charge in [0.05, 0.1) is 6.61 Å². The van der Waals surface area contributed by atoms with E-state index >= 15 is 0 Å². The van der Waals surface area contributed by atoms with Gasteiger partial charge in [0, 0.05) is 34.9 Å². The van der Waals surface area contributed by atoms with Crippen LogP contribution in [-0.2, 0) is 13.2 Å². The van der Waals surface area contributed by atoms with Crippen molar-refractivity contribution >= 4 is 16.6 Å². The Kier molecular flexibility index (Phi) is 4.10. The van der Waals surface area contributed by atoms with Crippen molar-refractivity contribution in [3.8, 4) is 11.1 Å². The highest BCUT2D eigenvalue weighted by Crippen LogP contribution is 2.36. The summed E-state index contributed by atoms with van der Waals surface area (Å²) in [6, 6.07) is 14.5. The largest absolute Gasteiger partial charge is 0.399 e. The summed E-state index contributed by atoms with van der Waals surface area (Å²) in [5, 5.41) is 10.7. The number of aliphatic hydroxyl groups excluding tert-OH is 1. The average Bonchev–Trinajstić information content (AvgIpc) is 3.40. The highest BCUT2D eigenvalue weighted by Gasteiger charge is 2.21. The maximum Gasteiger partial charge on any atom is 0.0682 e. The molecule has 0 amide bonds. The molecule has 0 unspecified atom stereocenters. The van der Waals surface area contributed by atoms with Gasteiger partial charge < -0.3 is 15.4 Å². The molecule has 0 atom stereocenters.